The van der Waals surface area contributed by atoms with Crippen LogP contribution in [0.15, 0.2) is 77.7 Å². The first-order valence-electron chi connectivity index (χ1n) is 10.9. The highest BCUT2D eigenvalue weighted by Crippen LogP contribution is 2.31. The van der Waals surface area contributed by atoms with E-state index in [1.165, 1.54) is 47.6 Å². The third kappa shape index (κ3) is 5.32. The van der Waals surface area contributed by atoms with E-state index >= 15 is 0 Å². The normalized spacial score (nSPS) is 15.4. The number of carbonyl (C=O) groups is 1. The molecule has 0 bridgehead atoms. The van der Waals surface area contributed by atoms with Crippen molar-refractivity contribution in [2.24, 2.45) is 0 Å². The first kappa shape index (κ1) is 24.0. The number of amides is 1. The smallest absolute Gasteiger partial charge is 0.243 e. The molecule has 0 atom stereocenters. The van der Waals surface area contributed by atoms with Gasteiger partial charge in [0.15, 0.2) is 0 Å². The lowest BCUT2D eigenvalue weighted by molar-refractivity contribution is -0.114. The van der Waals surface area contributed by atoms with Crippen molar-refractivity contribution in [3.63, 3.8) is 0 Å². The van der Waals surface area contributed by atoms with Gasteiger partial charge in [0, 0.05) is 38.8 Å². The molecular weight excluding hydrogens is 460 g/mol. The molecule has 3 aromatic rings. The van der Waals surface area contributed by atoms with Gasteiger partial charge in [-0.2, -0.15) is 4.31 Å². The molecular formula is C25H25F2N3O3S. The summed E-state index contributed by atoms with van der Waals surface area (Å²) < 4.78 is 54.8. The van der Waals surface area contributed by atoms with Crippen LogP contribution in [0.4, 0.5) is 14.5 Å². The first-order chi connectivity index (χ1) is 16.2. The molecule has 9 heteroatoms. The van der Waals surface area contributed by atoms with E-state index in [2.05, 4.69) is 10.2 Å². The summed E-state index contributed by atoms with van der Waals surface area (Å²) in [5, 5.41) is 2.62. The highest BCUT2D eigenvalue weighted by molar-refractivity contribution is 7.89. The van der Waals surface area contributed by atoms with Crippen LogP contribution in [0.3, 0.4) is 0 Å². The largest absolute Gasteiger partial charge is 0.326 e. The molecule has 178 valence electrons. The third-order valence-electron chi connectivity index (χ3n) is 5.82. The molecule has 1 N–H and O–H groups in total. The Balaban J connectivity index is 1.52. The minimum atomic E-state index is -3.70. The predicted molar refractivity (Wildman–Crippen MR) is 126 cm³/mol. The number of hydrogen-bond donors (Lipinski definition) is 1. The minimum Gasteiger partial charge on any atom is -0.326 e. The predicted octanol–water partition coefficient (Wildman–Crippen LogP) is 4.02. The van der Waals surface area contributed by atoms with E-state index in [-0.39, 0.29) is 41.6 Å². The fourth-order valence-corrected chi connectivity index (χ4v) is 5.59. The zero-order valence-corrected chi connectivity index (χ0v) is 19.4. The van der Waals surface area contributed by atoms with Gasteiger partial charge in [-0.3, -0.25) is 9.69 Å². The molecule has 1 fully saturated rings. The van der Waals surface area contributed by atoms with E-state index in [4.69, 9.17) is 0 Å². The maximum absolute atomic E-state index is 13.5. The molecule has 0 unspecified atom stereocenters. The zero-order valence-electron chi connectivity index (χ0n) is 18.6. The number of nitrogens with zero attached hydrogens (tertiary/aromatic N) is 2. The lowest BCUT2D eigenvalue weighted by Gasteiger charge is -2.39. The maximum Gasteiger partial charge on any atom is 0.243 e. The van der Waals surface area contributed by atoms with E-state index in [0.717, 1.165) is 11.1 Å². The van der Waals surface area contributed by atoms with Gasteiger partial charge >= 0.3 is 0 Å². The Morgan fingerprint density at radius 1 is 0.794 bits per heavy atom. The third-order valence-corrected chi connectivity index (χ3v) is 7.74. The maximum atomic E-state index is 13.5. The van der Waals surface area contributed by atoms with Gasteiger partial charge in [-0.05, 0) is 59.7 Å². The Morgan fingerprint density at radius 3 is 1.71 bits per heavy atom. The Labute approximate surface area is 197 Å². The monoisotopic (exact) mass is 485 g/mol. The number of nitrogens with one attached hydrogen (secondary N) is 1. The summed E-state index contributed by atoms with van der Waals surface area (Å²) in [5.41, 5.74) is 2.22. The first-order valence-corrected chi connectivity index (χ1v) is 12.3. The van der Waals surface area contributed by atoms with Crippen molar-refractivity contribution >= 4 is 21.6 Å². The number of carbonyl (C=O) groups excluding carboxylic acids is 1. The van der Waals surface area contributed by atoms with Crippen LogP contribution in [-0.4, -0.2) is 49.7 Å². The molecule has 6 nitrogen and oxygen atoms in total. The van der Waals surface area contributed by atoms with Gasteiger partial charge in [-0.25, -0.2) is 17.2 Å². The summed E-state index contributed by atoms with van der Waals surface area (Å²) in [6.45, 7) is 2.82. The molecule has 4 rings (SSSR count). The van der Waals surface area contributed by atoms with Crippen LogP contribution in [0.2, 0.25) is 0 Å². The summed E-state index contributed by atoms with van der Waals surface area (Å²) in [5.74, 6) is -0.923. The van der Waals surface area contributed by atoms with Crippen molar-refractivity contribution in [1.29, 1.82) is 0 Å². The van der Waals surface area contributed by atoms with Crippen molar-refractivity contribution in [2.45, 2.75) is 17.9 Å². The van der Waals surface area contributed by atoms with Crippen LogP contribution in [0.25, 0.3) is 0 Å². The Kier molecular flexibility index (Phi) is 7.06. The van der Waals surface area contributed by atoms with Crippen LogP contribution in [0.5, 0.6) is 0 Å². The van der Waals surface area contributed by atoms with Gasteiger partial charge in [0.05, 0.1) is 10.9 Å². The van der Waals surface area contributed by atoms with Crippen molar-refractivity contribution in [1.82, 2.24) is 9.21 Å². The number of benzene rings is 3. The van der Waals surface area contributed by atoms with E-state index in [9.17, 15) is 22.0 Å². The Bertz CT molecular complexity index is 1190. The molecule has 1 heterocycles. The number of rotatable bonds is 6. The Morgan fingerprint density at radius 2 is 1.26 bits per heavy atom. The van der Waals surface area contributed by atoms with E-state index < -0.39 is 10.0 Å². The number of sulfonamides is 1. The summed E-state index contributed by atoms with van der Waals surface area (Å²) in [6, 6.07) is 18.1. The zero-order chi connectivity index (χ0) is 24.3. The summed E-state index contributed by atoms with van der Waals surface area (Å²) in [6.07, 6.45) is 0. The molecule has 0 radical (unpaired) electrons. The average molecular weight is 486 g/mol. The number of anilines is 1. The van der Waals surface area contributed by atoms with Crippen molar-refractivity contribution < 1.29 is 22.0 Å². The second-order valence-electron chi connectivity index (χ2n) is 8.15. The molecule has 0 aromatic heterocycles. The molecule has 0 saturated carbocycles. The number of halogens is 2. The fourth-order valence-electron chi connectivity index (χ4n) is 4.17. The van der Waals surface area contributed by atoms with Crippen LogP contribution >= 0.6 is 0 Å². The molecule has 3 aromatic carbocycles. The van der Waals surface area contributed by atoms with E-state index in [0.29, 0.717) is 18.8 Å². The quantitative estimate of drug-likeness (QED) is 0.573. The lowest BCUT2D eigenvalue weighted by Crippen LogP contribution is -2.49. The molecule has 1 aliphatic rings. The molecule has 1 amide bonds. The van der Waals surface area contributed by atoms with Crippen LogP contribution in [-0.2, 0) is 14.8 Å². The molecule has 1 aliphatic heterocycles. The van der Waals surface area contributed by atoms with Gasteiger partial charge in [0.1, 0.15) is 11.6 Å². The SMILES string of the molecule is CC(=O)Nc1ccc(S(=O)(=O)N2CCN(C(c3ccc(F)cc3)c3ccc(F)cc3)CC2)cc1. The van der Waals surface area contributed by atoms with Gasteiger partial charge < -0.3 is 5.32 Å². The van der Waals surface area contributed by atoms with Crippen molar-refractivity contribution in [3.8, 4) is 0 Å². The second-order valence-corrected chi connectivity index (χ2v) is 10.1. The van der Waals surface area contributed by atoms with Crippen LogP contribution in [0, 0.1) is 11.6 Å². The van der Waals surface area contributed by atoms with Crippen molar-refractivity contribution in [3.05, 3.63) is 95.6 Å². The summed E-state index contributed by atoms with van der Waals surface area (Å²) in [7, 11) is -3.70. The molecule has 0 spiro atoms. The molecule has 34 heavy (non-hydrogen) atoms. The number of hydrogen-bond acceptors (Lipinski definition) is 4. The van der Waals surface area contributed by atoms with Gasteiger partial charge in [0.2, 0.25) is 15.9 Å². The molecule has 0 aliphatic carbocycles. The number of piperazine rings is 1. The highest BCUT2D eigenvalue weighted by Gasteiger charge is 2.32. The standard InChI is InChI=1S/C25H25F2N3O3S/c1-18(31)28-23-10-12-24(13-11-23)34(32,33)30-16-14-29(15-17-30)25(19-2-6-21(26)7-3-19)20-4-8-22(27)9-5-20/h2-13,25H,14-17H2,1H3,(H,28,31). The van der Waals surface area contributed by atoms with Crippen molar-refractivity contribution in [2.75, 3.05) is 31.5 Å². The lowest BCUT2D eigenvalue weighted by atomic mass is 9.96. The summed E-state index contributed by atoms with van der Waals surface area (Å²) >= 11 is 0. The summed E-state index contributed by atoms with van der Waals surface area (Å²) in [4.78, 5) is 13.5. The van der Waals surface area contributed by atoms with Crippen LogP contribution in [0.1, 0.15) is 24.1 Å². The van der Waals surface area contributed by atoms with Crippen LogP contribution < -0.4 is 5.32 Å². The second kappa shape index (κ2) is 10.0. The van der Waals surface area contributed by atoms with Gasteiger partial charge in [-0.1, -0.05) is 24.3 Å². The Hall–Kier alpha value is -3.14. The highest BCUT2D eigenvalue weighted by atomic mass is 32.2. The molecule has 1 saturated heterocycles. The van der Waals surface area contributed by atoms with E-state index in [1.807, 2.05) is 0 Å². The van der Waals surface area contributed by atoms with E-state index in [1.54, 1.807) is 36.4 Å². The van der Waals surface area contributed by atoms with Gasteiger partial charge in [0.25, 0.3) is 0 Å². The fraction of sp³-hybridized carbons (Fsp3) is 0.240. The topological polar surface area (TPSA) is 69.7 Å². The van der Waals surface area contributed by atoms with Gasteiger partial charge in [-0.15, -0.1) is 0 Å². The average Bonchev–Trinajstić information content (AvgIpc) is 2.82. The minimum absolute atomic E-state index is 0.156.